The van der Waals surface area contributed by atoms with Crippen LogP contribution in [-0.2, 0) is 14.3 Å². The minimum Gasteiger partial charge on any atom is -0.481 e. The van der Waals surface area contributed by atoms with Crippen molar-refractivity contribution in [2.75, 3.05) is 6.61 Å². The van der Waals surface area contributed by atoms with Crippen LogP contribution in [-0.4, -0.2) is 34.9 Å². The zero-order valence-electron chi connectivity index (χ0n) is 18.7. The Bertz CT molecular complexity index is 610. The zero-order valence-corrected chi connectivity index (χ0v) is 18.7. The number of hydrogen-bond acceptors (Lipinski definition) is 4. The third-order valence-electron chi connectivity index (χ3n) is 7.92. The van der Waals surface area contributed by atoms with Crippen LogP contribution in [0.1, 0.15) is 85.5 Å². The fourth-order valence-electron chi connectivity index (χ4n) is 5.95. The Morgan fingerprint density at radius 2 is 1.90 bits per heavy atom. The Kier molecular flexibility index (Phi) is 7.94. The van der Waals surface area contributed by atoms with Gasteiger partial charge in [-0.05, 0) is 73.5 Å². The molecule has 166 valence electrons. The quantitative estimate of drug-likeness (QED) is 0.416. The molecule has 0 aromatic carbocycles. The first-order valence-electron chi connectivity index (χ1n) is 11.2. The number of aliphatic carboxylic acids is 1. The second-order valence-electron chi connectivity index (χ2n) is 10.3. The lowest BCUT2D eigenvalue weighted by Gasteiger charge is -2.59. The number of allylic oxidation sites excluding steroid dienone is 1. The second kappa shape index (κ2) is 9.63. The first kappa shape index (κ1) is 23.9. The van der Waals surface area contributed by atoms with Crippen molar-refractivity contribution in [2.24, 2.45) is 28.6 Å². The molecule has 5 heteroatoms. The highest BCUT2D eigenvalue weighted by atomic mass is 16.5. The summed E-state index contributed by atoms with van der Waals surface area (Å²) < 4.78 is 5.17. The molecule has 0 saturated heterocycles. The lowest BCUT2D eigenvalue weighted by Crippen LogP contribution is -2.54. The minimum atomic E-state index is -0.978. The van der Waals surface area contributed by atoms with Gasteiger partial charge in [-0.1, -0.05) is 39.8 Å². The number of fused-ring (bicyclic) bond motifs is 1. The molecule has 5 nitrogen and oxygen atoms in total. The largest absolute Gasteiger partial charge is 0.481 e. The molecule has 0 bridgehead atoms. The Hall–Kier alpha value is -1.36. The number of hydrogen-bond donors (Lipinski definition) is 2. The Balaban J connectivity index is 1.86. The van der Waals surface area contributed by atoms with Crippen LogP contribution in [0.5, 0.6) is 0 Å². The van der Waals surface area contributed by atoms with Crippen LogP contribution >= 0.6 is 0 Å². The van der Waals surface area contributed by atoms with E-state index >= 15 is 0 Å². The minimum absolute atomic E-state index is 0.0538. The number of ether oxygens (including phenoxy) is 1. The van der Waals surface area contributed by atoms with Gasteiger partial charge in [-0.15, -0.1) is 0 Å². The van der Waals surface area contributed by atoms with Gasteiger partial charge < -0.3 is 14.9 Å². The maximum atomic E-state index is 11.5. The maximum Gasteiger partial charge on any atom is 0.306 e. The molecule has 0 radical (unpaired) electrons. The van der Waals surface area contributed by atoms with Gasteiger partial charge >= 0.3 is 11.9 Å². The molecule has 2 saturated carbocycles. The van der Waals surface area contributed by atoms with Crippen molar-refractivity contribution in [3.8, 4) is 0 Å². The van der Waals surface area contributed by atoms with Crippen LogP contribution in [0.3, 0.4) is 0 Å². The average Bonchev–Trinajstić information content (AvgIpc) is 2.63. The summed E-state index contributed by atoms with van der Waals surface area (Å²) >= 11 is 0. The Labute approximate surface area is 175 Å². The predicted octanol–water partition coefficient (Wildman–Crippen LogP) is 4.97. The van der Waals surface area contributed by atoms with E-state index in [9.17, 15) is 14.7 Å². The number of carboxylic acid groups (broad SMARTS) is 1. The number of carbonyl (C=O) groups is 2. The first-order chi connectivity index (χ1) is 13.5. The van der Waals surface area contributed by atoms with Crippen molar-refractivity contribution < 1.29 is 24.5 Å². The van der Waals surface area contributed by atoms with E-state index in [1.165, 1.54) is 5.57 Å². The third-order valence-corrected chi connectivity index (χ3v) is 7.92. The van der Waals surface area contributed by atoms with E-state index < -0.39 is 11.9 Å². The van der Waals surface area contributed by atoms with E-state index in [1.54, 1.807) is 0 Å². The van der Waals surface area contributed by atoms with E-state index in [1.807, 2.05) is 0 Å². The molecule has 0 aliphatic heterocycles. The van der Waals surface area contributed by atoms with Gasteiger partial charge in [0.2, 0.25) is 0 Å². The monoisotopic (exact) mass is 408 g/mol. The third kappa shape index (κ3) is 5.62. The Morgan fingerprint density at radius 1 is 1.21 bits per heavy atom. The molecular weight excluding hydrogens is 368 g/mol. The van der Waals surface area contributed by atoms with Gasteiger partial charge in [-0.3, -0.25) is 9.59 Å². The van der Waals surface area contributed by atoms with Gasteiger partial charge in [-0.25, -0.2) is 0 Å². The highest BCUT2D eigenvalue weighted by molar-refractivity contribution is 5.76. The molecule has 5 atom stereocenters. The van der Waals surface area contributed by atoms with Crippen molar-refractivity contribution in [1.29, 1.82) is 0 Å². The molecule has 0 amide bonds. The molecule has 2 rings (SSSR count). The number of aliphatic hydroxyl groups excluding tert-OH is 1. The van der Waals surface area contributed by atoms with Crippen LogP contribution in [0, 0.1) is 28.6 Å². The summed E-state index contributed by atoms with van der Waals surface area (Å²) in [6, 6.07) is 0. The highest BCUT2D eigenvalue weighted by Crippen LogP contribution is 2.61. The highest BCUT2D eigenvalue weighted by Gasteiger charge is 2.55. The fraction of sp³-hybridized carbons (Fsp3) is 0.833. The van der Waals surface area contributed by atoms with E-state index in [-0.39, 0.29) is 29.8 Å². The molecule has 5 unspecified atom stereocenters. The lowest BCUT2D eigenvalue weighted by molar-refractivity contribution is -0.148. The average molecular weight is 409 g/mol. The molecule has 0 aromatic heterocycles. The molecule has 29 heavy (non-hydrogen) atoms. The number of rotatable bonds is 9. The van der Waals surface area contributed by atoms with Crippen molar-refractivity contribution in [2.45, 2.75) is 91.6 Å². The predicted molar refractivity (Wildman–Crippen MR) is 113 cm³/mol. The van der Waals surface area contributed by atoms with Gasteiger partial charge in [0.05, 0.1) is 25.6 Å². The maximum absolute atomic E-state index is 11.5. The van der Waals surface area contributed by atoms with Crippen LogP contribution < -0.4 is 0 Å². The molecule has 0 spiro atoms. The number of aliphatic hydroxyl groups is 1. The Morgan fingerprint density at radius 3 is 2.55 bits per heavy atom. The van der Waals surface area contributed by atoms with Gasteiger partial charge in [0.1, 0.15) is 0 Å². The van der Waals surface area contributed by atoms with Crippen molar-refractivity contribution in [3.05, 3.63) is 12.2 Å². The molecule has 0 heterocycles. The topological polar surface area (TPSA) is 83.8 Å². The normalized spacial score (nSPS) is 32.3. The van der Waals surface area contributed by atoms with Crippen LogP contribution in [0.25, 0.3) is 0 Å². The molecule has 2 N–H and O–H groups in total. The first-order valence-corrected chi connectivity index (χ1v) is 11.2. The molecular formula is C24H40O5. The molecule has 2 aliphatic carbocycles. The number of carbonyl (C=O) groups excluding carboxylic acids is 1. The summed E-state index contributed by atoms with van der Waals surface area (Å²) in [4.78, 5) is 22.1. The summed E-state index contributed by atoms with van der Waals surface area (Å²) in [7, 11) is 0. The number of esters is 1. The van der Waals surface area contributed by atoms with Gasteiger partial charge in [-0.2, -0.15) is 0 Å². The molecule has 0 aromatic rings. The van der Waals surface area contributed by atoms with E-state index in [0.29, 0.717) is 24.4 Å². The second-order valence-corrected chi connectivity index (χ2v) is 10.3. The van der Waals surface area contributed by atoms with Crippen molar-refractivity contribution in [3.63, 3.8) is 0 Å². The van der Waals surface area contributed by atoms with Crippen molar-refractivity contribution >= 4 is 11.9 Å². The van der Waals surface area contributed by atoms with E-state index in [4.69, 9.17) is 9.84 Å². The smallest absolute Gasteiger partial charge is 0.306 e. The summed E-state index contributed by atoms with van der Waals surface area (Å²) in [5.74, 6) is 0.0152. The molecule has 2 aliphatic rings. The van der Waals surface area contributed by atoms with Gasteiger partial charge in [0, 0.05) is 0 Å². The SMILES string of the molecule is C=C1CCC2C(C)(C)C(O)CCC2(C)C1CCC(C)CCOC(=O)CCC(=O)O. The van der Waals surface area contributed by atoms with Crippen LogP contribution in [0.4, 0.5) is 0 Å². The van der Waals surface area contributed by atoms with Crippen LogP contribution in [0.15, 0.2) is 12.2 Å². The van der Waals surface area contributed by atoms with Crippen molar-refractivity contribution in [1.82, 2.24) is 0 Å². The number of carboxylic acids is 1. The van der Waals surface area contributed by atoms with E-state index in [2.05, 4.69) is 34.3 Å². The summed E-state index contributed by atoms with van der Waals surface area (Å²) in [5, 5.41) is 19.2. The fourth-order valence-corrected chi connectivity index (χ4v) is 5.95. The molecule has 2 fully saturated rings. The van der Waals surface area contributed by atoms with Gasteiger partial charge in [0.25, 0.3) is 0 Å². The van der Waals surface area contributed by atoms with Crippen LogP contribution in [0.2, 0.25) is 0 Å². The summed E-state index contributed by atoms with van der Waals surface area (Å²) in [6.07, 6.45) is 6.58. The lowest BCUT2D eigenvalue weighted by atomic mass is 9.46. The summed E-state index contributed by atoms with van der Waals surface area (Å²) in [5.41, 5.74) is 1.51. The standard InChI is InChI=1S/C24H40O5/c1-16(13-15-29-22(28)11-10-21(26)27)6-8-18-17(2)7-9-19-23(3,4)20(25)12-14-24(18,19)5/h16,18-20,25H,2,6-15H2,1,3-5H3,(H,26,27). The van der Waals surface area contributed by atoms with Gasteiger partial charge in [0.15, 0.2) is 0 Å². The summed E-state index contributed by atoms with van der Waals surface area (Å²) in [6.45, 7) is 13.8. The van der Waals surface area contributed by atoms with E-state index in [0.717, 1.165) is 44.9 Å². The zero-order chi connectivity index (χ0) is 21.8.